The molecule has 0 aliphatic rings. The van der Waals surface area contributed by atoms with Crippen LogP contribution in [0.2, 0.25) is 0 Å². The number of hydrogen-bond donors (Lipinski definition) is 3. The highest BCUT2D eigenvalue weighted by atomic mass is 19.3. The monoisotopic (exact) mass is 260 g/mol. The van der Waals surface area contributed by atoms with E-state index in [4.69, 9.17) is 5.11 Å². The van der Waals surface area contributed by atoms with Crippen LogP contribution >= 0.6 is 0 Å². The Morgan fingerprint density at radius 1 is 1.33 bits per heavy atom. The van der Waals surface area contributed by atoms with Crippen LogP contribution in [0.15, 0.2) is 6.07 Å². The second-order valence-corrected chi connectivity index (χ2v) is 3.92. The number of rotatable bonds is 7. The van der Waals surface area contributed by atoms with Gasteiger partial charge in [-0.3, -0.25) is 0 Å². The van der Waals surface area contributed by atoms with E-state index in [1.807, 2.05) is 6.92 Å². The highest BCUT2D eigenvalue weighted by Crippen LogP contribution is 2.16. The molecule has 0 fully saturated rings. The number of halogens is 2. The second kappa shape index (κ2) is 6.44. The molecule has 0 unspecified atom stereocenters. The summed E-state index contributed by atoms with van der Waals surface area (Å²) in [5.74, 6) is -1.66. The lowest BCUT2D eigenvalue weighted by molar-refractivity contribution is -0.0373. The molecule has 0 saturated heterocycles. The Bertz CT molecular complexity index is 387. The molecule has 0 atom stereocenters. The summed E-state index contributed by atoms with van der Waals surface area (Å²) in [6.45, 7) is 0.142. The fourth-order valence-electron chi connectivity index (χ4n) is 1.33. The summed E-state index contributed by atoms with van der Waals surface area (Å²) in [6.07, 6.45) is 1.56. The van der Waals surface area contributed by atoms with E-state index < -0.39 is 19.1 Å². The van der Waals surface area contributed by atoms with Crippen molar-refractivity contribution >= 4 is 11.6 Å². The van der Waals surface area contributed by atoms with Gasteiger partial charge in [0.1, 0.15) is 24.1 Å². The van der Waals surface area contributed by atoms with Crippen molar-refractivity contribution in [3.63, 3.8) is 0 Å². The van der Waals surface area contributed by atoms with Crippen molar-refractivity contribution in [2.45, 2.75) is 25.7 Å². The molecule has 18 heavy (non-hydrogen) atoms. The molecule has 102 valence electrons. The van der Waals surface area contributed by atoms with Crippen molar-refractivity contribution in [3.05, 3.63) is 11.9 Å². The first-order chi connectivity index (χ1) is 8.50. The number of aryl methyl sites for hydroxylation is 1. The van der Waals surface area contributed by atoms with Crippen LogP contribution in [0, 0.1) is 0 Å². The molecule has 0 bridgehead atoms. The van der Waals surface area contributed by atoms with Gasteiger partial charge in [0.25, 0.3) is 5.92 Å². The van der Waals surface area contributed by atoms with Crippen LogP contribution in [0.4, 0.5) is 20.4 Å². The third kappa shape index (κ3) is 4.40. The molecule has 0 radical (unpaired) electrons. The summed E-state index contributed by atoms with van der Waals surface area (Å²) < 4.78 is 25.8. The highest BCUT2D eigenvalue weighted by molar-refractivity contribution is 5.47. The van der Waals surface area contributed by atoms with E-state index >= 15 is 0 Å². The summed E-state index contributed by atoms with van der Waals surface area (Å²) in [5, 5.41) is 13.8. The fourth-order valence-corrected chi connectivity index (χ4v) is 1.33. The quantitative estimate of drug-likeness (QED) is 0.693. The Kier molecular flexibility index (Phi) is 5.21. The molecule has 1 rings (SSSR count). The molecule has 3 N–H and O–H groups in total. The van der Waals surface area contributed by atoms with Crippen LogP contribution in [-0.2, 0) is 6.42 Å². The molecule has 0 saturated carbocycles. The molecule has 0 amide bonds. The molecule has 1 heterocycles. The van der Waals surface area contributed by atoms with Crippen LogP contribution in [0.1, 0.15) is 19.2 Å². The van der Waals surface area contributed by atoms with Crippen LogP contribution in [0.5, 0.6) is 0 Å². The largest absolute Gasteiger partial charge is 0.390 e. The average molecular weight is 260 g/mol. The Labute approximate surface area is 105 Å². The third-order valence-corrected chi connectivity index (χ3v) is 2.26. The normalized spacial score (nSPS) is 11.4. The van der Waals surface area contributed by atoms with Crippen molar-refractivity contribution in [2.75, 3.05) is 30.8 Å². The number of hydrogen-bond acceptors (Lipinski definition) is 5. The average Bonchev–Trinajstić information content (AvgIpc) is 2.37. The maximum atomic E-state index is 12.9. The first-order valence-electron chi connectivity index (χ1n) is 5.79. The summed E-state index contributed by atoms with van der Waals surface area (Å²) in [5.41, 5.74) is 0. The van der Waals surface area contributed by atoms with Crippen LogP contribution in [0.25, 0.3) is 0 Å². The molecule has 0 aliphatic heterocycles. The van der Waals surface area contributed by atoms with Crippen LogP contribution in [-0.4, -0.2) is 41.2 Å². The van der Waals surface area contributed by atoms with E-state index in [1.54, 1.807) is 13.1 Å². The first-order valence-corrected chi connectivity index (χ1v) is 5.79. The number of nitrogens with one attached hydrogen (secondary N) is 2. The molecular weight excluding hydrogens is 242 g/mol. The van der Waals surface area contributed by atoms with Gasteiger partial charge in [-0.2, -0.15) is 0 Å². The number of nitrogens with zero attached hydrogens (tertiary/aromatic N) is 2. The van der Waals surface area contributed by atoms with E-state index in [9.17, 15) is 8.78 Å². The van der Waals surface area contributed by atoms with Gasteiger partial charge in [-0.05, 0) is 6.42 Å². The van der Waals surface area contributed by atoms with Crippen molar-refractivity contribution in [1.82, 2.24) is 9.97 Å². The molecule has 0 aromatic carbocycles. The second-order valence-electron chi connectivity index (χ2n) is 3.92. The lowest BCUT2D eigenvalue weighted by Gasteiger charge is -2.15. The SMILES string of the molecule is CCCc1nc(NC)cc(NCC(F)(F)CO)n1. The minimum atomic E-state index is -3.16. The minimum absolute atomic E-state index is 0.325. The predicted octanol–water partition coefficient (Wildman–Crippen LogP) is 1.51. The zero-order valence-corrected chi connectivity index (χ0v) is 10.5. The van der Waals surface area contributed by atoms with E-state index in [0.717, 1.165) is 6.42 Å². The standard InChI is InChI=1S/C11H18F2N4O/c1-3-4-8-16-9(14-2)5-10(17-8)15-6-11(12,13)7-18/h5,18H,3-4,6-7H2,1-2H3,(H2,14,15,16,17). The Morgan fingerprint density at radius 3 is 2.56 bits per heavy atom. The molecular formula is C11H18F2N4O. The van der Waals surface area contributed by atoms with E-state index in [-0.39, 0.29) is 0 Å². The van der Waals surface area contributed by atoms with Crippen molar-refractivity contribution in [2.24, 2.45) is 0 Å². The van der Waals surface area contributed by atoms with Crippen molar-refractivity contribution in [3.8, 4) is 0 Å². The maximum Gasteiger partial charge on any atom is 0.287 e. The van der Waals surface area contributed by atoms with Gasteiger partial charge in [0.2, 0.25) is 0 Å². The number of aliphatic hydroxyl groups excluding tert-OH is 1. The summed E-state index contributed by atoms with van der Waals surface area (Å²) >= 11 is 0. The van der Waals surface area contributed by atoms with Gasteiger partial charge in [-0.15, -0.1) is 0 Å². The fraction of sp³-hybridized carbons (Fsp3) is 0.636. The topological polar surface area (TPSA) is 70.1 Å². The van der Waals surface area contributed by atoms with Gasteiger partial charge in [0.15, 0.2) is 0 Å². The highest BCUT2D eigenvalue weighted by Gasteiger charge is 2.27. The van der Waals surface area contributed by atoms with Crippen molar-refractivity contribution in [1.29, 1.82) is 0 Å². The lowest BCUT2D eigenvalue weighted by Crippen LogP contribution is -2.31. The Hall–Kier alpha value is -1.50. The number of aliphatic hydroxyl groups is 1. The molecule has 1 aromatic heterocycles. The van der Waals surface area contributed by atoms with Crippen LogP contribution < -0.4 is 10.6 Å². The molecule has 1 aromatic rings. The first kappa shape index (κ1) is 14.6. The van der Waals surface area contributed by atoms with Crippen LogP contribution in [0.3, 0.4) is 0 Å². The number of alkyl halides is 2. The van der Waals surface area contributed by atoms with Gasteiger partial charge in [-0.25, -0.2) is 18.7 Å². The van der Waals surface area contributed by atoms with Gasteiger partial charge >= 0.3 is 0 Å². The Balaban J connectivity index is 2.78. The van der Waals surface area contributed by atoms with E-state index in [2.05, 4.69) is 20.6 Å². The molecule has 5 nitrogen and oxygen atoms in total. The maximum absolute atomic E-state index is 12.9. The van der Waals surface area contributed by atoms with E-state index in [1.165, 1.54) is 0 Å². The van der Waals surface area contributed by atoms with Gasteiger partial charge in [0.05, 0.1) is 6.54 Å². The predicted molar refractivity (Wildman–Crippen MR) is 66.1 cm³/mol. The molecule has 0 aliphatic carbocycles. The van der Waals surface area contributed by atoms with E-state index in [0.29, 0.717) is 23.9 Å². The van der Waals surface area contributed by atoms with Gasteiger partial charge in [0, 0.05) is 19.5 Å². The zero-order valence-electron chi connectivity index (χ0n) is 10.5. The summed E-state index contributed by atoms with van der Waals surface area (Å²) in [7, 11) is 1.70. The summed E-state index contributed by atoms with van der Waals surface area (Å²) in [6, 6.07) is 1.55. The number of aromatic nitrogens is 2. The molecule has 0 spiro atoms. The third-order valence-electron chi connectivity index (χ3n) is 2.26. The lowest BCUT2D eigenvalue weighted by atomic mass is 10.3. The van der Waals surface area contributed by atoms with Crippen molar-refractivity contribution < 1.29 is 13.9 Å². The molecule has 7 heteroatoms. The number of anilines is 2. The summed E-state index contributed by atoms with van der Waals surface area (Å²) in [4.78, 5) is 8.34. The van der Waals surface area contributed by atoms with Gasteiger partial charge < -0.3 is 15.7 Å². The smallest absolute Gasteiger partial charge is 0.287 e. The minimum Gasteiger partial charge on any atom is -0.390 e. The zero-order chi connectivity index (χ0) is 13.6. The Morgan fingerprint density at radius 2 is 2.00 bits per heavy atom. The van der Waals surface area contributed by atoms with Gasteiger partial charge in [-0.1, -0.05) is 6.92 Å².